The molecule has 2 heterocycles. The molecular formula is C27H23ClFN5O2S. The van der Waals surface area contributed by atoms with Crippen LogP contribution >= 0.6 is 23.4 Å². The topological polar surface area (TPSA) is 81.1 Å². The van der Waals surface area contributed by atoms with Crippen molar-refractivity contribution in [3.63, 3.8) is 0 Å². The summed E-state index contributed by atoms with van der Waals surface area (Å²) in [7, 11) is 1.58. The third kappa shape index (κ3) is 5.47. The van der Waals surface area contributed by atoms with Gasteiger partial charge in [-0.05, 0) is 66.6 Å². The number of thioether (sulfide) groups is 1. The van der Waals surface area contributed by atoms with Gasteiger partial charge in [0.25, 0.3) is 5.91 Å². The van der Waals surface area contributed by atoms with Crippen molar-refractivity contribution in [3.8, 4) is 5.75 Å². The SMILES string of the molecule is COc1ccc(NC(=O)C2=C(C)Nc3nc(SCc4cccc(Cl)c4)nn3[C@H]2c2cccc(F)c2)cc1. The maximum absolute atomic E-state index is 14.3. The van der Waals surface area contributed by atoms with Crippen LogP contribution in [0.25, 0.3) is 0 Å². The van der Waals surface area contributed by atoms with E-state index in [-0.39, 0.29) is 5.91 Å². The number of halogens is 2. The Balaban J connectivity index is 1.47. The normalized spacial score (nSPS) is 14.6. The van der Waals surface area contributed by atoms with Crippen molar-refractivity contribution in [2.75, 3.05) is 17.7 Å². The minimum absolute atomic E-state index is 0.335. The molecule has 0 fully saturated rings. The lowest BCUT2D eigenvalue weighted by Gasteiger charge is -2.28. The molecule has 0 bridgehead atoms. The van der Waals surface area contributed by atoms with Crippen LogP contribution in [0.15, 0.2) is 89.2 Å². The first-order chi connectivity index (χ1) is 17.9. The van der Waals surface area contributed by atoms with Gasteiger partial charge in [-0.15, -0.1) is 5.10 Å². The summed E-state index contributed by atoms with van der Waals surface area (Å²) in [5.74, 6) is 1.03. The maximum atomic E-state index is 14.3. The lowest BCUT2D eigenvalue weighted by atomic mass is 9.95. The van der Waals surface area contributed by atoms with Crippen LogP contribution in [-0.2, 0) is 10.5 Å². The average Bonchev–Trinajstić information content (AvgIpc) is 3.29. The van der Waals surface area contributed by atoms with Gasteiger partial charge >= 0.3 is 0 Å². The van der Waals surface area contributed by atoms with E-state index in [1.54, 1.807) is 55.1 Å². The van der Waals surface area contributed by atoms with E-state index in [4.69, 9.17) is 21.4 Å². The van der Waals surface area contributed by atoms with Gasteiger partial charge < -0.3 is 15.4 Å². The smallest absolute Gasteiger partial charge is 0.255 e. The van der Waals surface area contributed by atoms with Crippen LogP contribution < -0.4 is 15.4 Å². The number of aromatic nitrogens is 3. The molecular weight excluding hydrogens is 513 g/mol. The Morgan fingerprint density at radius 2 is 1.95 bits per heavy atom. The molecule has 0 aliphatic carbocycles. The Bertz CT molecular complexity index is 1490. The number of carbonyl (C=O) groups excluding carboxylic acids is 1. The van der Waals surface area contributed by atoms with E-state index in [1.165, 1.54) is 23.9 Å². The number of hydrogen-bond acceptors (Lipinski definition) is 6. The van der Waals surface area contributed by atoms with Gasteiger partial charge in [0.1, 0.15) is 17.6 Å². The van der Waals surface area contributed by atoms with Crippen molar-refractivity contribution in [1.82, 2.24) is 14.8 Å². The molecule has 0 saturated carbocycles. The molecule has 2 N–H and O–H groups in total. The fourth-order valence-electron chi connectivity index (χ4n) is 4.12. The summed E-state index contributed by atoms with van der Waals surface area (Å²) in [6.07, 6.45) is 0. The number of fused-ring (bicyclic) bond motifs is 1. The standard InChI is InChI=1S/C27H23ClFN5O2S/c1-16-23(25(35)31-21-9-11-22(36-2)12-10-21)24(18-6-4-8-20(29)14-18)34-26(30-16)32-27(33-34)37-15-17-5-3-7-19(28)13-17/h3-14,24H,15H2,1-2H3,(H,31,35)(H,30,32,33)/t24-/m0/s1. The molecule has 4 aromatic rings. The van der Waals surface area contributed by atoms with Gasteiger partial charge in [-0.2, -0.15) is 4.98 Å². The Morgan fingerprint density at radius 1 is 1.16 bits per heavy atom. The summed E-state index contributed by atoms with van der Waals surface area (Å²) in [4.78, 5) is 18.2. The number of amides is 1. The lowest BCUT2D eigenvalue weighted by Crippen LogP contribution is -2.31. The number of ether oxygens (including phenoxy) is 1. The van der Waals surface area contributed by atoms with E-state index >= 15 is 0 Å². The van der Waals surface area contributed by atoms with Crippen molar-refractivity contribution >= 4 is 40.9 Å². The Labute approximate surface area is 222 Å². The fraction of sp³-hybridized carbons (Fsp3) is 0.148. The maximum Gasteiger partial charge on any atom is 0.255 e. The molecule has 1 aliphatic rings. The number of anilines is 2. The van der Waals surface area contributed by atoms with E-state index in [1.807, 2.05) is 24.3 Å². The highest BCUT2D eigenvalue weighted by Gasteiger charge is 2.34. The first-order valence-electron chi connectivity index (χ1n) is 11.4. The molecule has 7 nitrogen and oxygen atoms in total. The van der Waals surface area contributed by atoms with Gasteiger partial charge in [-0.25, -0.2) is 9.07 Å². The number of benzene rings is 3. The van der Waals surface area contributed by atoms with Crippen LogP contribution in [0.5, 0.6) is 5.75 Å². The highest BCUT2D eigenvalue weighted by molar-refractivity contribution is 7.98. The summed E-state index contributed by atoms with van der Waals surface area (Å²) >= 11 is 7.56. The molecule has 1 aromatic heterocycles. The van der Waals surface area contributed by atoms with Crippen molar-refractivity contribution in [2.24, 2.45) is 0 Å². The van der Waals surface area contributed by atoms with Crippen LogP contribution in [0, 0.1) is 5.82 Å². The number of nitrogens with one attached hydrogen (secondary N) is 2. The fourth-order valence-corrected chi connectivity index (χ4v) is 5.10. The van der Waals surface area contributed by atoms with Crippen LogP contribution in [0.2, 0.25) is 5.02 Å². The Morgan fingerprint density at radius 3 is 2.68 bits per heavy atom. The zero-order chi connectivity index (χ0) is 25.9. The van der Waals surface area contributed by atoms with Gasteiger partial charge in [-0.1, -0.05) is 47.6 Å². The second-order valence-corrected chi connectivity index (χ2v) is 9.76. The van der Waals surface area contributed by atoms with Crippen LogP contribution in [0.4, 0.5) is 16.0 Å². The molecule has 188 valence electrons. The first-order valence-corrected chi connectivity index (χ1v) is 12.8. The summed E-state index contributed by atoms with van der Waals surface area (Å²) in [5.41, 5.74) is 3.23. The largest absolute Gasteiger partial charge is 0.497 e. The zero-order valence-corrected chi connectivity index (χ0v) is 21.6. The third-order valence-corrected chi connectivity index (χ3v) is 6.99. The van der Waals surface area contributed by atoms with E-state index < -0.39 is 11.9 Å². The summed E-state index contributed by atoms with van der Waals surface area (Å²) in [5, 5.41) is 12.0. The van der Waals surface area contributed by atoms with Crippen LogP contribution in [0.1, 0.15) is 24.1 Å². The summed E-state index contributed by atoms with van der Waals surface area (Å²) < 4.78 is 21.1. The van der Waals surface area contributed by atoms with Gasteiger partial charge in [0.15, 0.2) is 0 Å². The zero-order valence-electron chi connectivity index (χ0n) is 20.0. The van der Waals surface area contributed by atoms with Crippen molar-refractivity contribution in [2.45, 2.75) is 23.9 Å². The van der Waals surface area contributed by atoms with E-state index in [0.717, 1.165) is 5.56 Å². The molecule has 5 rings (SSSR count). The Kier molecular flexibility index (Phi) is 7.16. The molecule has 1 aliphatic heterocycles. The van der Waals surface area contributed by atoms with Gasteiger partial charge in [-0.3, -0.25) is 4.79 Å². The van der Waals surface area contributed by atoms with Gasteiger partial charge in [0, 0.05) is 22.2 Å². The molecule has 10 heteroatoms. The minimum atomic E-state index is -0.682. The quantitative estimate of drug-likeness (QED) is 0.270. The average molecular weight is 536 g/mol. The summed E-state index contributed by atoms with van der Waals surface area (Å²) in [6.45, 7) is 1.80. The van der Waals surface area contributed by atoms with Gasteiger partial charge in [0.2, 0.25) is 11.1 Å². The molecule has 1 atom stereocenters. The van der Waals surface area contributed by atoms with Crippen LogP contribution in [-0.4, -0.2) is 27.8 Å². The molecule has 0 unspecified atom stereocenters. The number of nitrogens with zero attached hydrogens (tertiary/aromatic N) is 3. The molecule has 1 amide bonds. The molecule has 0 radical (unpaired) electrons. The van der Waals surface area contributed by atoms with E-state index in [0.29, 0.717) is 50.2 Å². The van der Waals surface area contributed by atoms with Crippen LogP contribution in [0.3, 0.4) is 0 Å². The van der Waals surface area contributed by atoms with Crippen molar-refractivity contribution < 1.29 is 13.9 Å². The minimum Gasteiger partial charge on any atom is -0.497 e. The number of allylic oxidation sites excluding steroid dienone is 1. The van der Waals surface area contributed by atoms with Gasteiger partial charge in [0.05, 0.1) is 12.7 Å². The monoisotopic (exact) mass is 535 g/mol. The highest BCUT2D eigenvalue weighted by atomic mass is 35.5. The lowest BCUT2D eigenvalue weighted by molar-refractivity contribution is -0.113. The molecule has 0 spiro atoms. The second-order valence-electron chi connectivity index (χ2n) is 8.38. The Hall–Kier alpha value is -3.82. The number of carbonyl (C=O) groups is 1. The number of methoxy groups -OCH3 is 1. The molecule has 3 aromatic carbocycles. The molecule has 0 saturated heterocycles. The molecule has 37 heavy (non-hydrogen) atoms. The second kappa shape index (κ2) is 10.7. The van der Waals surface area contributed by atoms with E-state index in [9.17, 15) is 9.18 Å². The summed E-state index contributed by atoms with van der Waals surface area (Å²) in [6, 6.07) is 20.1. The predicted molar refractivity (Wildman–Crippen MR) is 144 cm³/mol. The van der Waals surface area contributed by atoms with E-state index in [2.05, 4.69) is 15.6 Å². The van der Waals surface area contributed by atoms with Crippen molar-refractivity contribution in [3.05, 3.63) is 106 Å². The third-order valence-electron chi connectivity index (χ3n) is 5.85. The predicted octanol–water partition coefficient (Wildman–Crippen LogP) is 6.30. The number of rotatable bonds is 7. The highest BCUT2D eigenvalue weighted by Crippen LogP contribution is 2.37. The first kappa shape index (κ1) is 24.9. The van der Waals surface area contributed by atoms with Crippen molar-refractivity contribution in [1.29, 1.82) is 0 Å². The number of hydrogen-bond donors (Lipinski definition) is 2.